The molecule has 0 atom stereocenters. The fourth-order valence-electron chi connectivity index (χ4n) is 9.56. The van der Waals surface area contributed by atoms with E-state index in [1.807, 2.05) is 11.3 Å². The molecule has 0 radical (unpaired) electrons. The van der Waals surface area contributed by atoms with Gasteiger partial charge in [-0.15, -0.1) is 11.3 Å². The maximum Gasteiger partial charge on any atom is 0.0562 e. The van der Waals surface area contributed by atoms with Crippen molar-refractivity contribution in [2.75, 3.05) is 4.90 Å². The number of benzene rings is 10. The Kier molecular flexibility index (Phi) is 9.06. The third-order valence-electron chi connectivity index (χ3n) is 12.4. The van der Waals surface area contributed by atoms with Crippen molar-refractivity contribution >= 4 is 70.4 Å². The highest BCUT2D eigenvalue weighted by molar-refractivity contribution is 7.26. The molecule has 0 bridgehead atoms. The highest BCUT2D eigenvalue weighted by Crippen LogP contribution is 2.50. The summed E-state index contributed by atoms with van der Waals surface area (Å²) < 4.78 is 5.00. The van der Waals surface area contributed by atoms with E-state index < -0.39 is 0 Å². The molecule has 2 nitrogen and oxygen atoms in total. The van der Waals surface area contributed by atoms with Gasteiger partial charge in [-0.1, -0.05) is 188 Å². The standard InChI is InChI=1S/C60H40N2S/c1-4-18-41(19-5-1)42-34-36-44(37-35-42)47-39-38-46(40-53(47)43-20-6-2-7-21-43)62(54-29-13-10-24-48(54)50-27-16-28-51-49-25-12-15-33-58(49)63-60(50)51)57-32-17-31-56-59(57)52-26-11-14-30-55(52)61(56)45-22-8-3-9-23-45/h1-40H. The van der Waals surface area contributed by atoms with Gasteiger partial charge in [-0.3, -0.25) is 0 Å². The second kappa shape index (κ2) is 15.5. The average Bonchev–Trinajstić information content (AvgIpc) is 3.92. The van der Waals surface area contributed by atoms with Crippen LogP contribution in [0.3, 0.4) is 0 Å². The van der Waals surface area contributed by atoms with Crippen LogP contribution in [0.4, 0.5) is 17.1 Å². The minimum absolute atomic E-state index is 1.08. The quantitative estimate of drug-likeness (QED) is 0.148. The number of fused-ring (bicyclic) bond motifs is 6. The predicted octanol–water partition coefficient (Wildman–Crippen LogP) is 17.3. The van der Waals surface area contributed by atoms with Crippen LogP contribution in [-0.2, 0) is 0 Å². The molecule has 0 unspecified atom stereocenters. The van der Waals surface area contributed by atoms with Crippen molar-refractivity contribution in [3.8, 4) is 50.2 Å². The summed E-state index contributed by atoms with van der Waals surface area (Å²) in [5, 5.41) is 5.00. The Bertz CT molecular complexity index is 3600. The topological polar surface area (TPSA) is 8.17 Å². The molecule has 12 aromatic rings. The van der Waals surface area contributed by atoms with Crippen LogP contribution < -0.4 is 4.90 Å². The summed E-state index contributed by atoms with van der Waals surface area (Å²) >= 11 is 1.88. The first-order valence-electron chi connectivity index (χ1n) is 21.5. The molecule has 296 valence electrons. The molecule has 12 rings (SSSR count). The molecule has 0 aliphatic carbocycles. The lowest BCUT2D eigenvalue weighted by Gasteiger charge is -2.30. The lowest BCUT2D eigenvalue weighted by molar-refractivity contribution is 1.18. The SMILES string of the molecule is c1ccc(-c2ccc(-c3ccc(N(c4ccccc4-c4cccc5c4sc4ccccc45)c4cccc5c4c4ccccc4n5-c4ccccc4)cc3-c3ccccc3)cc2)cc1. The Morgan fingerprint density at radius 1 is 0.333 bits per heavy atom. The number of thiophene rings is 1. The molecule has 2 heterocycles. The van der Waals surface area contributed by atoms with E-state index >= 15 is 0 Å². The van der Waals surface area contributed by atoms with Crippen molar-refractivity contribution < 1.29 is 0 Å². The van der Waals surface area contributed by atoms with Crippen LogP contribution in [0, 0.1) is 0 Å². The molecule has 0 aliphatic rings. The van der Waals surface area contributed by atoms with Crippen molar-refractivity contribution in [1.29, 1.82) is 0 Å². The van der Waals surface area contributed by atoms with Crippen molar-refractivity contribution in [3.05, 3.63) is 243 Å². The van der Waals surface area contributed by atoms with Gasteiger partial charge in [0.1, 0.15) is 0 Å². The van der Waals surface area contributed by atoms with Gasteiger partial charge >= 0.3 is 0 Å². The molecule has 3 heteroatoms. The van der Waals surface area contributed by atoms with E-state index in [2.05, 4.69) is 252 Å². The number of hydrogen-bond donors (Lipinski definition) is 0. The van der Waals surface area contributed by atoms with Gasteiger partial charge in [-0.25, -0.2) is 0 Å². The van der Waals surface area contributed by atoms with Gasteiger partial charge < -0.3 is 9.47 Å². The van der Waals surface area contributed by atoms with E-state index in [1.54, 1.807) is 0 Å². The van der Waals surface area contributed by atoms with Crippen LogP contribution >= 0.6 is 11.3 Å². The molecule has 0 amide bonds. The maximum absolute atomic E-state index is 2.51. The molecule has 10 aromatic carbocycles. The van der Waals surface area contributed by atoms with Crippen LogP contribution in [0.1, 0.15) is 0 Å². The molecule has 0 saturated carbocycles. The van der Waals surface area contributed by atoms with Gasteiger partial charge in [-0.05, 0) is 88.0 Å². The maximum atomic E-state index is 2.51. The van der Waals surface area contributed by atoms with Crippen LogP contribution in [0.5, 0.6) is 0 Å². The summed E-state index contributed by atoms with van der Waals surface area (Å²) in [7, 11) is 0. The zero-order valence-corrected chi connectivity index (χ0v) is 35.2. The summed E-state index contributed by atoms with van der Waals surface area (Å²) in [4.78, 5) is 2.51. The summed E-state index contributed by atoms with van der Waals surface area (Å²) in [6.07, 6.45) is 0. The van der Waals surface area contributed by atoms with E-state index in [-0.39, 0.29) is 0 Å². The predicted molar refractivity (Wildman–Crippen MR) is 270 cm³/mol. The fraction of sp³-hybridized carbons (Fsp3) is 0. The minimum Gasteiger partial charge on any atom is -0.309 e. The molecule has 2 aromatic heterocycles. The molecule has 0 aliphatic heterocycles. The molecular weight excluding hydrogens is 781 g/mol. The van der Waals surface area contributed by atoms with Crippen LogP contribution in [0.25, 0.3) is 92.2 Å². The first-order chi connectivity index (χ1) is 31.3. The Balaban J connectivity index is 1.13. The molecule has 0 N–H and O–H groups in total. The summed E-state index contributed by atoms with van der Waals surface area (Å²) in [5.74, 6) is 0. The third-order valence-corrected chi connectivity index (χ3v) is 13.6. The monoisotopic (exact) mass is 820 g/mol. The first kappa shape index (κ1) is 36.8. The Morgan fingerprint density at radius 2 is 0.889 bits per heavy atom. The Morgan fingerprint density at radius 3 is 1.70 bits per heavy atom. The largest absolute Gasteiger partial charge is 0.309 e. The van der Waals surface area contributed by atoms with E-state index in [1.165, 1.54) is 81.0 Å². The summed E-state index contributed by atoms with van der Waals surface area (Å²) in [6.45, 7) is 0. The second-order valence-electron chi connectivity index (χ2n) is 16.0. The normalized spacial score (nSPS) is 11.5. The molecule has 0 saturated heterocycles. The van der Waals surface area contributed by atoms with Gasteiger partial charge in [0, 0.05) is 53.4 Å². The van der Waals surface area contributed by atoms with Crippen LogP contribution in [0.15, 0.2) is 243 Å². The molecule has 0 fully saturated rings. The molecule has 63 heavy (non-hydrogen) atoms. The van der Waals surface area contributed by atoms with Gasteiger partial charge in [-0.2, -0.15) is 0 Å². The number of nitrogens with zero attached hydrogens (tertiary/aromatic N) is 2. The summed E-state index contributed by atoms with van der Waals surface area (Å²) in [6, 6.07) is 88.4. The second-order valence-corrected chi connectivity index (χ2v) is 17.1. The number of hydrogen-bond acceptors (Lipinski definition) is 2. The van der Waals surface area contributed by atoms with Gasteiger partial charge in [0.25, 0.3) is 0 Å². The van der Waals surface area contributed by atoms with E-state index in [4.69, 9.17) is 0 Å². The zero-order valence-electron chi connectivity index (χ0n) is 34.4. The number of aromatic nitrogens is 1. The van der Waals surface area contributed by atoms with E-state index in [0.717, 1.165) is 28.3 Å². The van der Waals surface area contributed by atoms with Crippen LogP contribution in [0.2, 0.25) is 0 Å². The number of anilines is 3. The molecular formula is C60H40N2S. The van der Waals surface area contributed by atoms with Gasteiger partial charge in [0.15, 0.2) is 0 Å². The minimum atomic E-state index is 1.08. The number of para-hydroxylation sites is 3. The lowest BCUT2D eigenvalue weighted by atomic mass is 9.92. The van der Waals surface area contributed by atoms with Crippen molar-refractivity contribution in [2.45, 2.75) is 0 Å². The highest BCUT2D eigenvalue weighted by Gasteiger charge is 2.25. The van der Waals surface area contributed by atoms with Crippen molar-refractivity contribution in [1.82, 2.24) is 4.57 Å². The average molecular weight is 821 g/mol. The van der Waals surface area contributed by atoms with Gasteiger partial charge in [0.2, 0.25) is 0 Å². The molecule has 0 spiro atoms. The number of rotatable bonds is 8. The van der Waals surface area contributed by atoms with Gasteiger partial charge in [0.05, 0.1) is 22.4 Å². The third kappa shape index (κ3) is 6.33. The summed E-state index contributed by atoms with van der Waals surface area (Å²) in [5.41, 5.74) is 16.3. The van der Waals surface area contributed by atoms with E-state index in [9.17, 15) is 0 Å². The fourth-order valence-corrected chi connectivity index (χ4v) is 10.8. The van der Waals surface area contributed by atoms with E-state index in [0.29, 0.717) is 0 Å². The Hall–Kier alpha value is -7.98. The highest BCUT2D eigenvalue weighted by atomic mass is 32.1. The Labute approximate surface area is 370 Å². The van der Waals surface area contributed by atoms with Crippen LogP contribution in [-0.4, -0.2) is 4.57 Å². The first-order valence-corrected chi connectivity index (χ1v) is 22.3. The zero-order chi connectivity index (χ0) is 41.7. The lowest BCUT2D eigenvalue weighted by Crippen LogP contribution is -2.12. The van der Waals surface area contributed by atoms with Crippen molar-refractivity contribution in [2.24, 2.45) is 0 Å². The van der Waals surface area contributed by atoms with Crippen molar-refractivity contribution in [3.63, 3.8) is 0 Å². The smallest absolute Gasteiger partial charge is 0.0562 e.